The average molecular weight is 471 g/mol. The Kier molecular flexibility index (Phi) is 6.47. The number of carbonyl (C=O) groups excluding carboxylic acids is 1. The molecule has 3 rings (SSSR count). The molecule has 8 nitrogen and oxygen atoms in total. The molecule has 0 spiro atoms. The maximum Gasteiger partial charge on any atom is 0.249 e. The van der Waals surface area contributed by atoms with Crippen molar-refractivity contribution >= 4 is 25.8 Å². The number of primary amides is 1. The molecule has 0 radical (unpaired) electrons. The van der Waals surface area contributed by atoms with Crippen molar-refractivity contribution in [2.45, 2.75) is 21.3 Å². The summed E-state index contributed by atoms with van der Waals surface area (Å²) in [7, 11) is -9.02. The lowest BCUT2D eigenvalue weighted by Crippen LogP contribution is -2.20. The number of primary sulfonamides is 1. The van der Waals surface area contributed by atoms with E-state index in [1.54, 1.807) is 30.3 Å². The first kappa shape index (κ1) is 23.2. The number of carbonyl (C=O) groups is 1. The van der Waals surface area contributed by atoms with Crippen molar-refractivity contribution < 1.29 is 26.7 Å². The summed E-state index contributed by atoms with van der Waals surface area (Å²) in [6.45, 7) is -0.856. The molecule has 0 aromatic heterocycles. The smallest absolute Gasteiger partial charge is 0.249 e. The van der Waals surface area contributed by atoms with Gasteiger partial charge in [0.25, 0.3) is 0 Å². The van der Waals surface area contributed by atoms with Crippen molar-refractivity contribution in [1.29, 1.82) is 0 Å². The van der Waals surface area contributed by atoms with E-state index in [1.807, 2.05) is 0 Å². The van der Waals surface area contributed by atoms with E-state index in [1.165, 1.54) is 24.3 Å². The van der Waals surface area contributed by atoms with E-state index in [-0.39, 0.29) is 16.7 Å². The molecule has 32 heavy (non-hydrogen) atoms. The highest BCUT2D eigenvalue weighted by Gasteiger charge is 2.31. The topological polar surface area (TPSA) is 158 Å². The number of hydrogen-bond acceptors (Lipinski definition) is 6. The fourth-order valence-corrected chi connectivity index (χ4v) is 6.11. The van der Waals surface area contributed by atoms with Gasteiger partial charge >= 0.3 is 0 Å². The van der Waals surface area contributed by atoms with Gasteiger partial charge in [0.1, 0.15) is 4.90 Å². The van der Waals surface area contributed by atoms with Crippen LogP contribution < -0.4 is 10.9 Å². The van der Waals surface area contributed by atoms with E-state index in [0.717, 1.165) is 12.1 Å². The molecule has 1 amide bonds. The van der Waals surface area contributed by atoms with E-state index in [9.17, 15) is 26.7 Å². The molecular weight excluding hydrogens is 452 g/mol. The van der Waals surface area contributed by atoms with Crippen molar-refractivity contribution in [3.8, 4) is 11.8 Å². The van der Waals surface area contributed by atoms with E-state index in [0.29, 0.717) is 5.56 Å². The number of amides is 1. The Morgan fingerprint density at radius 2 is 1.44 bits per heavy atom. The molecule has 5 N–H and O–H groups in total. The number of aliphatic hydroxyl groups excluding tert-OH is 1. The Bertz CT molecular complexity index is 1470. The standard InChI is InChI=1S/C22H18N2O6S2/c23-22(26)17-13-12-16(11-10-15-6-2-1-3-7-15)21(18(17)14-25)31(27,28)19-8-4-5-9-20(19)32(24,29)30/h1-9,12-13,25H,14H2,(H2,23,26)(H2,24,29,30). The Labute approximate surface area is 185 Å². The first-order valence-corrected chi connectivity index (χ1v) is 12.1. The number of nitrogens with two attached hydrogens (primary N) is 2. The second-order valence-corrected chi connectivity index (χ2v) is 9.99. The molecule has 0 aliphatic rings. The minimum atomic E-state index is -4.62. The number of aliphatic hydroxyl groups is 1. The van der Waals surface area contributed by atoms with Crippen LogP contribution >= 0.6 is 0 Å². The third-order valence-electron chi connectivity index (χ3n) is 4.51. The van der Waals surface area contributed by atoms with Crippen LogP contribution in [0, 0.1) is 11.8 Å². The zero-order chi connectivity index (χ0) is 23.5. The first-order valence-electron chi connectivity index (χ1n) is 9.08. The summed E-state index contributed by atoms with van der Waals surface area (Å²) in [4.78, 5) is 10.1. The highest BCUT2D eigenvalue weighted by Crippen LogP contribution is 2.32. The van der Waals surface area contributed by atoms with Gasteiger partial charge in [-0.2, -0.15) is 0 Å². The lowest BCUT2D eigenvalue weighted by molar-refractivity contribution is 0.0997. The van der Waals surface area contributed by atoms with E-state index >= 15 is 0 Å². The SMILES string of the molecule is NC(=O)c1ccc(C#Cc2ccccc2)c(S(=O)(=O)c2ccccc2S(N)(=O)=O)c1CO. The van der Waals surface area contributed by atoms with Crippen LogP contribution in [0.3, 0.4) is 0 Å². The van der Waals surface area contributed by atoms with Gasteiger partial charge in [0, 0.05) is 22.3 Å². The molecule has 3 aromatic carbocycles. The molecule has 0 heterocycles. The lowest BCUT2D eigenvalue weighted by Gasteiger charge is -2.16. The van der Waals surface area contributed by atoms with Crippen molar-refractivity contribution in [1.82, 2.24) is 0 Å². The highest BCUT2D eigenvalue weighted by atomic mass is 32.2. The summed E-state index contributed by atoms with van der Waals surface area (Å²) in [5.41, 5.74) is 5.38. The van der Waals surface area contributed by atoms with Crippen molar-refractivity contribution in [2.75, 3.05) is 0 Å². The molecule has 10 heteroatoms. The number of hydrogen-bond donors (Lipinski definition) is 3. The van der Waals surface area contributed by atoms with Crippen LogP contribution in [-0.2, 0) is 26.5 Å². The van der Waals surface area contributed by atoms with Crippen molar-refractivity contribution in [3.63, 3.8) is 0 Å². The quantitative estimate of drug-likeness (QED) is 0.475. The fourth-order valence-electron chi connectivity index (χ4n) is 3.10. The molecule has 0 saturated carbocycles. The third kappa shape index (κ3) is 4.56. The van der Waals surface area contributed by atoms with Crippen LogP contribution in [0.4, 0.5) is 0 Å². The van der Waals surface area contributed by atoms with Crippen LogP contribution in [0.1, 0.15) is 27.0 Å². The predicted molar refractivity (Wildman–Crippen MR) is 117 cm³/mol. The molecule has 0 aliphatic carbocycles. The molecule has 0 atom stereocenters. The van der Waals surface area contributed by atoms with Gasteiger partial charge in [0.2, 0.25) is 25.8 Å². The minimum Gasteiger partial charge on any atom is -0.392 e. The van der Waals surface area contributed by atoms with Gasteiger partial charge in [0.05, 0.1) is 16.4 Å². The highest BCUT2D eigenvalue weighted by molar-refractivity contribution is 7.93. The van der Waals surface area contributed by atoms with Gasteiger partial charge in [-0.1, -0.05) is 42.2 Å². The molecule has 0 fully saturated rings. The number of benzene rings is 3. The summed E-state index contributed by atoms with van der Waals surface area (Å²) < 4.78 is 51.3. The van der Waals surface area contributed by atoms with E-state index < -0.39 is 47.1 Å². The van der Waals surface area contributed by atoms with Crippen molar-refractivity contribution in [2.24, 2.45) is 10.9 Å². The molecule has 0 saturated heterocycles. The number of sulfonamides is 1. The molecule has 3 aromatic rings. The predicted octanol–water partition coefficient (Wildman–Crippen LogP) is 1.16. The van der Waals surface area contributed by atoms with Crippen LogP contribution in [0.25, 0.3) is 0 Å². The largest absolute Gasteiger partial charge is 0.392 e. The molecule has 0 unspecified atom stereocenters. The number of rotatable bonds is 5. The molecule has 0 aliphatic heterocycles. The Morgan fingerprint density at radius 3 is 2.00 bits per heavy atom. The fraction of sp³-hybridized carbons (Fsp3) is 0.0455. The van der Waals surface area contributed by atoms with Crippen LogP contribution in [0.15, 0.2) is 81.4 Å². The Hall–Kier alpha value is -3.49. The summed E-state index contributed by atoms with van der Waals surface area (Å²) in [5.74, 6) is 4.58. The average Bonchev–Trinajstić information content (AvgIpc) is 2.76. The van der Waals surface area contributed by atoms with E-state index in [4.69, 9.17) is 10.9 Å². The Balaban J connectivity index is 2.40. The van der Waals surface area contributed by atoms with Crippen LogP contribution in [0.5, 0.6) is 0 Å². The maximum atomic E-state index is 13.6. The molecule has 0 bridgehead atoms. The molecule has 164 valence electrons. The van der Waals surface area contributed by atoms with E-state index in [2.05, 4.69) is 11.8 Å². The summed E-state index contributed by atoms with van der Waals surface area (Å²) in [5, 5.41) is 15.1. The zero-order valence-corrected chi connectivity index (χ0v) is 18.2. The summed E-state index contributed by atoms with van der Waals surface area (Å²) in [6, 6.07) is 16.0. The monoisotopic (exact) mass is 470 g/mol. The van der Waals surface area contributed by atoms with Crippen molar-refractivity contribution in [3.05, 3.63) is 89.0 Å². The number of sulfone groups is 1. The van der Waals surface area contributed by atoms with Crippen LogP contribution in [-0.4, -0.2) is 27.8 Å². The lowest BCUT2D eigenvalue weighted by atomic mass is 10.0. The zero-order valence-electron chi connectivity index (χ0n) is 16.5. The summed E-state index contributed by atoms with van der Waals surface area (Å²) >= 11 is 0. The van der Waals surface area contributed by atoms with Gasteiger partial charge in [0.15, 0.2) is 0 Å². The van der Waals surface area contributed by atoms with Gasteiger partial charge in [-0.05, 0) is 36.4 Å². The maximum absolute atomic E-state index is 13.6. The van der Waals surface area contributed by atoms with Gasteiger partial charge in [-0.25, -0.2) is 22.0 Å². The van der Waals surface area contributed by atoms with Crippen LogP contribution in [0.2, 0.25) is 0 Å². The second kappa shape index (κ2) is 8.94. The third-order valence-corrected chi connectivity index (χ3v) is 7.55. The Morgan fingerprint density at radius 1 is 0.844 bits per heavy atom. The minimum absolute atomic E-state index is 0.0490. The summed E-state index contributed by atoms with van der Waals surface area (Å²) in [6.07, 6.45) is 0. The van der Waals surface area contributed by atoms with Gasteiger partial charge in [-0.3, -0.25) is 4.79 Å². The van der Waals surface area contributed by atoms with Gasteiger partial charge in [-0.15, -0.1) is 0 Å². The first-order chi connectivity index (χ1) is 15.1. The second-order valence-electron chi connectivity index (χ2n) is 6.60. The normalized spacial score (nSPS) is 11.4. The van der Waals surface area contributed by atoms with Gasteiger partial charge < -0.3 is 10.8 Å². The molecular formula is C22H18N2O6S2.